The molecule has 2 heterocycles. The van der Waals surface area contributed by atoms with Gasteiger partial charge in [0, 0.05) is 22.4 Å². The van der Waals surface area contributed by atoms with Gasteiger partial charge in [-0.15, -0.1) is 0 Å². The molecule has 0 bridgehead atoms. The predicted molar refractivity (Wildman–Crippen MR) is 146 cm³/mol. The average Bonchev–Trinajstić information content (AvgIpc) is 2.86. The van der Waals surface area contributed by atoms with Crippen LogP contribution in [0.15, 0.2) is 64.3 Å². The van der Waals surface area contributed by atoms with Gasteiger partial charge in [-0.2, -0.15) is 5.26 Å². The first-order chi connectivity index (χ1) is 17.9. The molecular formula is C27H21ClN4O5S. The molecule has 0 fully saturated rings. The maximum atomic E-state index is 13.4. The number of halogens is 1. The van der Waals surface area contributed by atoms with Gasteiger partial charge >= 0.3 is 0 Å². The molecule has 9 nitrogen and oxygen atoms in total. The molecule has 0 saturated heterocycles. The van der Waals surface area contributed by atoms with Crippen LogP contribution < -0.4 is 15.5 Å². The minimum atomic E-state index is -3.87. The Kier molecular flexibility index (Phi) is 7.09. The lowest BCUT2D eigenvalue weighted by Gasteiger charge is -2.16. The van der Waals surface area contributed by atoms with E-state index in [1.54, 1.807) is 50.2 Å². The number of rotatable bonds is 6. The number of benzene rings is 2. The van der Waals surface area contributed by atoms with Crippen molar-refractivity contribution >= 4 is 49.9 Å². The van der Waals surface area contributed by atoms with Crippen molar-refractivity contribution in [1.29, 1.82) is 5.26 Å². The van der Waals surface area contributed by atoms with Crippen molar-refractivity contribution in [2.24, 2.45) is 0 Å². The molecule has 192 valence electrons. The molecule has 0 aliphatic carbocycles. The number of fused-ring (bicyclic) bond motifs is 1. The van der Waals surface area contributed by atoms with E-state index < -0.39 is 15.9 Å². The second-order valence-corrected chi connectivity index (χ2v) is 10.7. The monoisotopic (exact) mass is 548 g/mol. The molecule has 0 saturated carbocycles. The summed E-state index contributed by atoms with van der Waals surface area (Å²) >= 11 is 5.95. The van der Waals surface area contributed by atoms with E-state index >= 15 is 0 Å². The van der Waals surface area contributed by atoms with E-state index in [9.17, 15) is 23.3 Å². The Hall–Kier alpha value is -4.46. The zero-order valence-corrected chi connectivity index (χ0v) is 22.1. The number of pyridine rings is 1. The molecule has 4 rings (SSSR count). The first-order valence-electron chi connectivity index (χ1n) is 11.1. The fraction of sp³-hybridized carbons (Fsp3) is 0.111. The van der Waals surface area contributed by atoms with E-state index in [4.69, 9.17) is 16.0 Å². The number of aryl methyl sites for hydroxylation is 1. The Labute approximate surface area is 223 Å². The average molecular weight is 549 g/mol. The predicted octanol–water partition coefficient (Wildman–Crippen LogP) is 4.77. The Bertz CT molecular complexity index is 1860. The highest BCUT2D eigenvalue weighted by Crippen LogP contribution is 2.33. The topological polar surface area (TPSA) is 142 Å². The summed E-state index contributed by atoms with van der Waals surface area (Å²) in [5, 5.41) is 12.8. The number of anilines is 1. The third kappa shape index (κ3) is 5.29. The molecule has 4 aromatic rings. The van der Waals surface area contributed by atoms with E-state index in [1.165, 1.54) is 12.1 Å². The largest absolute Gasteiger partial charge is 0.455 e. The summed E-state index contributed by atoms with van der Waals surface area (Å²) in [7, 11) is -3.87. The highest BCUT2D eigenvalue weighted by molar-refractivity contribution is 7.89. The van der Waals surface area contributed by atoms with Crippen LogP contribution in [0.4, 0.5) is 5.69 Å². The number of sulfonamides is 1. The highest BCUT2D eigenvalue weighted by Gasteiger charge is 2.21. The lowest BCUT2D eigenvalue weighted by atomic mass is 9.99. The Morgan fingerprint density at radius 2 is 1.87 bits per heavy atom. The van der Waals surface area contributed by atoms with Gasteiger partial charge in [-0.25, -0.2) is 18.1 Å². The first kappa shape index (κ1) is 26.6. The van der Waals surface area contributed by atoms with Crippen molar-refractivity contribution in [3.05, 3.63) is 98.4 Å². The summed E-state index contributed by atoms with van der Waals surface area (Å²) in [6, 6.07) is 15.2. The maximum Gasteiger partial charge on any atom is 0.285 e. The van der Waals surface area contributed by atoms with Gasteiger partial charge in [0.1, 0.15) is 16.5 Å². The molecule has 0 atom stereocenters. The SMILES string of the molecule is C=C(Nc1ccc(Cl)nc1C(=O)NS(C)(=O)=O)c1cc(C)cc2c(=O)c(C)c(-c3ccccc3C#N)oc12. The molecule has 0 aliphatic heterocycles. The third-order valence-electron chi connectivity index (χ3n) is 5.62. The van der Waals surface area contributed by atoms with Crippen molar-refractivity contribution in [1.82, 2.24) is 9.71 Å². The minimum Gasteiger partial charge on any atom is -0.455 e. The Morgan fingerprint density at radius 3 is 2.55 bits per heavy atom. The zero-order valence-electron chi connectivity index (χ0n) is 20.5. The standard InChI is InChI=1S/C27H21ClN4O5S/c1-14-11-19(16(3)30-21-9-10-22(28)31-23(21)27(34)32-38(4,35)36)26-20(12-14)24(33)15(2)25(37-26)18-8-6-5-7-17(18)13-29/h5-12,30H,3H2,1-2,4H3,(H,32,34). The summed E-state index contributed by atoms with van der Waals surface area (Å²) in [5.74, 6) is -0.740. The van der Waals surface area contributed by atoms with Gasteiger partial charge in [0.15, 0.2) is 11.1 Å². The molecule has 0 spiro atoms. The molecule has 2 aromatic heterocycles. The summed E-state index contributed by atoms with van der Waals surface area (Å²) in [6.07, 6.45) is 0.840. The van der Waals surface area contributed by atoms with E-state index in [1.807, 2.05) is 4.72 Å². The van der Waals surface area contributed by atoms with Gasteiger partial charge in [-0.3, -0.25) is 9.59 Å². The maximum absolute atomic E-state index is 13.4. The molecule has 0 radical (unpaired) electrons. The lowest BCUT2D eigenvalue weighted by Crippen LogP contribution is -2.30. The number of nitrogens with one attached hydrogen (secondary N) is 2. The van der Waals surface area contributed by atoms with E-state index in [0.29, 0.717) is 27.6 Å². The summed E-state index contributed by atoms with van der Waals surface area (Å²) in [6.45, 7) is 7.50. The molecule has 38 heavy (non-hydrogen) atoms. The van der Waals surface area contributed by atoms with Crippen LogP contribution in [0, 0.1) is 25.2 Å². The van der Waals surface area contributed by atoms with Crippen LogP contribution in [-0.2, 0) is 10.0 Å². The quantitative estimate of drug-likeness (QED) is 0.328. The molecule has 0 unspecified atom stereocenters. The molecule has 2 N–H and O–H groups in total. The van der Waals surface area contributed by atoms with Crippen molar-refractivity contribution in [3.8, 4) is 17.4 Å². The number of nitriles is 1. The van der Waals surface area contributed by atoms with Gasteiger partial charge in [0.05, 0.1) is 29.0 Å². The lowest BCUT2D eigenvalue weighted by molar-refractivity contribution is 0.0977. The second-order valence-electron chi connectivity index (χ2n) is 8.57. The van der Waals surface area contributed by atoms with Crippen LogP contribution in [0.2, 0.25) is 5.15 Å². The summed E-state index contributed by atoms with van der Waals surface area (Å²) in [5.41, 5.74) is 2.36. The Balaban J connectivity index is 1.88. The van der Waals surface area contributed by atoms with E-state index in [2.05, 4.69) is 22.9 Å². The summed E-state index contributed by atoms with van der Waals surface area (Å²) in [4.78, 5) is 30.0. The number of hydrogen-bond donors (Lipinski definition) is 2. The fourth-order valence-corrected chi connectivity index (χ4v) is 4.53. The summed E-state index contributed by atoms with van der Waals surface area (Å²) < 4.78 is 31.3. The van der Waals surface area contributed by atoms with Crippen LogP contribution in [-0.4, -0.2) is 25.6 Å². The smallest absolute Gasteiger partial charge is 0.285 e. The van der Waals surface area contributed by atoms with Gasteiger partial charge in [0.2, 0.25) is 10.0 Å². The number of nitrogens with zero attached hydrogens (tertiary/aromatic N) is 2. The van der Waals surface area contributed by atoms with Crippen LogP contribution in [0.5, 0.6) is 0 Å². The van der Waals surface area contributed by atoms with Crippen molar-refractivity contribution in [2.45, 2.75) is 13.8 Å². The third-order valence-corrected chi connectivity index (χ3v) is 6.39. The van der Waals surface area contributed by atoms with Gasteiger partial charge < -0.3 is 9.73 Å². The molecule has 1 amide bonds. The number of hydrogen-bond acceptors (Lipinski definition) is 8. The number of carbonyl (C=O) groups excluding carboxylic acids is 1. The van der Waals surface area contributed by atoms with Crippen LogP contribution in [0.3, 0.4) is 0 Å². The number of carbonyl (C=O) groups is 1. The van der Waals surface area contributed by atoms with E-state index in [-0.39, 0.29) is 39.0 Å². The number of aromatic nitrogens is 1. The van der Waals surface area contributed by atoms with Crippen LogP contribution in [0.1, 0.15) is 32.7 Å². The normalized spacial score (nSPS) is 11.1. The second kappa shape index (κ2) is 10.1. The van der Waals surface area contributed by atoms with Crippen molar-refractivity contribution in [3.63, 3.8) is 0 Å². The zero-order chi connectivity index (χ0) is 27.8. The van der Waals surface area contributed by atoms with E-state index in [0.717, 1.165) is 11.8 Å². The molecule has 11 heteroatoms. The molecular weight excluding hydrogens is 528 g/mol. The number of amides is 1. The molecule has 0 aliphatic rings. The van der Waals surface area contributed by atoms with Gasteiger partial charge in [0.25, 0.3) is 5.91 Å². The molecule has 2 aromatic carbocycles. The minimum absolute atomic E-state index is 0.0249. The van der Waals surface area contributed by atoms with Crippen molar-refractivity contribution < 1.29 is 17.6 Å². The first-order valence-corrected chi connectivity index (χ1v) is 13.4. The van der Waals surface area contributed by atoms with Crippen LogP contribution >= 0.6 is 11.6 Å². The highest BCUT2D eigenvalue weighted by atomic mass is 35.5. The Morgan fingerprint density at radius 1 is 1.16 bits per heavy atom. The van der Waals surface area contributed by atoms with Gasteiger partial charge in [-0.05, 0) is 55.8 Å². The van der Waals surface area contributed by atoms with Crippen molar-refractivity contribution in [2.75, 3.05) is 11.6 Å². The fourth-order valence-electron chi connectivity index (χ4n) is 3.95. The van der Waals surface area contributed by atoms with Gasteiger partial charge in [-0.1, -0.05) is 30.3 Å². The van der Waals surface area contributed by atoms with Crippen LogP contribution in [0.25, 0.3) is 28.0 Å².